The topological polar surface area (TPSA) is 38.9 Å². The SMILES string of the molecule is N[C@@H](CC1CCCCC1)c1ccccn1. The minimum Gasteiger partial charge on any atom is -0.323 e. The molecule has 1 atom stereocenters. The van der Waals surface area contributed by atoms with E-state index in [1.165, 1.54) is 32.1 Å². The van der Waals surface area contributed by atoms with Gasteiger partial charge in [0.1, 0.15) is 0 Å². The summed E-state index contributed by atoms with van der Waals surface area (Å²) in [5.74, 6) is 0.829. The summed E-state index contributed by atoms with van der Waals surface area (Å²) in [4.78, 5) is 4.32. The van der Waals surface area contributed by atoms with Crippen LogP contribution in [0, 0.1) is 5.92 Å². The largest absolute Gasteiger partial charge is 0.323 e. The minimum absolute atomic E-state index is 0.134. The molecule has 0 spiro atoms. The van der Waals surface area contributed by atoms with Gasteiger partial charge in [0.05, 0.1) is 5.69 Å². The first-order valence-electron chi connectivity index (χ1n) is 6.03. The molecule has 2 N–H and O–H groups in total. The lowest BCUT2D eigenvalue weighted by atomic mass is 9.84. The third kappa shape index (κ3) is 3.03. The van der Waals surface area contributed by atoms with Crippen molar-refractivity contribution in [3.05, 3.63) is 30.1 Å². The lowest BCUT2D eigenvalue weighted by Gasteiger charge is -2.24. The molecule has 1 aliphatic carbocycles. The van der Waals surface area contributed by atoms with Gasteiger partial charge in [0.25, 0.3) is 0 Å². The summed E-state index contributed by atoms with van der Waals surface area (Å²) in [5.41, 5.74) is 7.21. The maximum Gasteiger partial charge on any atom is 0.0571 e. The molecule has 0 aliphatic heterocycles. The summed E-state index contributed by atoms with van der Waals surface area (Å²) in [5, 5.41) is 0. The lowest BCUT2D eigenvalue weighted by molar-refractivity contribution is 0.317. The first-order chi connectivity index (χ1) is 7.36. The number of hydrogen-bond donors (Lipinski definition) is 1. The second-order valence-corrected chi connectivity index (χ2v) is 4.60. The molecule has 82 valence electrons. The predicted octanol–water partition coefficient (Wildman–Crippen LogP) is 3.05. The van der Waals surface area contributed by atoms with Crippen LogP contribution in [0.2, 0.25) is 0 Å². The van der Waals surface area contributed by atoms with Crippen LogP contribution in [0.5, 0.6) is 0 Å². The number of pyridine rings is 1. The first-order valence-corrected chi connectivity index (χ1v) is 6.03. The van der Waals surface area contributed by atoms with Crippen LogP contribution in [0.1, 0.15) is 50.3 Å². The van der Waals surface area contributed by atoms with Gasteiger partial charge in [-0.2, -0.15) is 0 Å². The van der Waals surface area contributed by atoms with E-state index >= 15 is 0 Å². The van der Waals surface area contributed by atoms with Crippen LogP contribution in [-0.4, -0.2) is 4.98 Å². The standard InChI is InChI=1S/C13H20N2/c14-12(13-8-4-5-9-15-13)10-11-6-2-1-3-7-11/h4-5,8-9,11-12H,1-3,6-7,10,14H2/t12-/m0/s1. The molecule has 0 aromatic carbocycles. The Bertz CT molecular complexity index is 278. The molecule has 15 heavy (non-hydrogen) atoms. The summed E-state index contributed by atoms with van der Waals surface area (Å²) < 4.78 is 0. The zero-order valence-electron chi connectivity index (χ0n) is 9.23. The van der Waals surface area contributed by atoms with Crippen LogP contribution in [-0.2, 0) is 0 Å². The number of hydrogen-bond acceptors (Lipinski definition) is 2. The van der Waals surface area contributed by atoms with Crippen LogP contribution >= 0.6 is 0 Å². The molecule has 1 fully saturated rings. The second kappa shape index (κ2) is 5.26. The monoisotopic (exact) mass is 204 g/mol. The Labute approximate surface area is 91.9 Å². The van der Waals surface area contributed by atoms with E-state index in [1.54, 1.807) is 0 Å². The molecule has 1 aromatic rings. The van der Waals surface area contributed by atoms with Gasteiger partial charge < -0.3 is 5.73 Å². The van der Waals surface area contributed by atoms with Crippen molar-refractivity contribution in [3.8, 4) is 0 Å². The van der Waals surface area contributed by atoms with E-state index in [9.17, 15) is 0 Å². The lowest BCUT2D eigenvalue weighted by Crippen LogP contribution is -2.18. The molecule has 1 aromatic heterocycles. The van der Waals surface area contributed by atoms with Crippen molar-refractivity contribution in [2.75, 3.05) is 0 Å². The van der Waals surface area contributed by atoms with Gasteiger partial charge in [-0.1, -0.05) is 38.2 Å². The highest BCUT2D eigenvalue weighted by molar-refractivity contribution is 5.08. The number of nitrogens with two attached hydrogens (primary N) is 1. The Morgan fingerprint density at radius 1 is 1.27 bits per heavy atom. The van der Waals surface area contributed by atoms with Crippen LogP contribution in [0.15, 0.2) is 24.4 Å². The molecule has 0 saturated heterocycles. The molecule has 2 rings (SSSR count). The van der Waals surface area contributed by atoms with Crippen LogP contribution in [0.3, 0.4) is 0 Å². The molecular weight excluding hydrogens is 184 g/mol. The van der Waals surface area contributed by atoms with Crippen molar-refractivity contribution in [3.63, 3.8) is 0 Å². The Morgan fingerprint density at radius 3 is 2.73 bits per heavy atom. The van der Waals surface area contributed by atoms with Crippen molar-refractivity contribution in [1.82, 2.24) is 4.98 Å². The van der Waals surface area contributed by atoms with E-state index in [4.69, 9.17) is 5.73 Å². The molecule has 0 bridgehead atoms. The van der Waals surface area contributed by atoms with E-state index in [-0.39, 0.29) is 6.04 Å². The maximum atomic E-state index is 6.16. The highest BCUT2D eigenvalue weighted by Gasteiger charge is 2.17. The molecule has 0 unspecified atom stereocenters. The van der Waals surface area contributed by atoms with Gasteiger partial charge in [0, 0.05) is 12.2 Å². The zero-order valence-corrected chi connectivity index (χ0v) is 9.23. The Balaban J connectivity index is 1.88. The van der Waals surface area contributed by atoms with E-state index in [1.807, 2.05) is 24.4 Å². The third-order valence-electron chi connectivity index (χ3n) is 3.38. The molecule has 1 aliphatic rings. The molecule has 0 radical (unpaired) electrons. The van der Waals surface area contributed by atoms with Crippen molar-refractivity contribution in [2.45, 2.75) is 44.6 Å². The van der Waals surface area contributed by atoms with Crippen molar-refractivity contribution in [1.29, 1.82) is 0 Å². The molecule has 2 heteroatoms. The normalized spacial score (nSPS) is 20.1. The highest BCUT2D eigenvalue weighted by Crippen LogP contribution is 2.30. The van der Waals surface area contributed by atoms with E-state index in [0.717, 1.165) is 18.0 Å². The number of aromatic nitrogens is 1. The average Bonchev–Trinajstić information content (AvgIpc) is 2.31. The second-order valence-electron chi connectivity index (χ2n) is 4.60. The zero-order chi connectivity index (χ0) is 10.5. The smallest absolute Gasteiger partial charge is 0.0571 e. The number of rotatable bonds is 3. The van der Waals surface area contributed by atoms with Gasteiger partial charge in [0.2, 0.25) is 0 Å². The van der Waals surface area contributed by atoms with Crippen molar-refractivity contribution < 1.29 is 0 Å². The van der Waals surface area contributed by atoms with Gasteiger partial charge in [-0.3, -0.25) is 4.98 Å². The van der Waals surface area contributed by atoms with Crippen molar-refractivity contribution in [2.24, 2.45) is 11.7 Å². The van der Waals surface area contributed by atoms with Gasteiger partial charge in [-0.15, -0.1) is 0 Å². The fourth-order valence-electron chi connectivity index (χ4n) is 2.50. The Hall–Kier alpha value is -0.890. The highest BCUT2D eigenvalue weighted by atomic mass is 14.8. The summed E-state index contributed by atoms with van der Waals surface area (Å²) in [6.07, 6.45) is 9.85. The van der Waals surface area contributed by atoms with Crippen molar-refractivity contribution >= 4 is 0 Å². The fourth-order valence-corrected chi connectivity index (χ4v) is 2.50. The van der Waals surface area contributed by atoms with Gasteiger partial charge in [0.15, 0.2) is 0 Å². The van der Waals surface area contributed by atoms with Gasteiger partial charge >= 0.3 is 0 Å². The van der Waals surface area contributed by atoms with E-state index < -0.39 is 0 Å². The van der Waals surface area contributed by atoms with E-state index in [2.05, 4.69) is 4.98 Å². The summed E-state index contributed by atoms with van der Waals surface area (Å²) in [6.45, 7) is 0. The maximum absolute atomic E-state index is 6.16. The Morgan fingerprint density at radius 2 is 2.07 bits per heavy atom. The molecule has 2 nitrogen and oxygen atoms in total. The van der Waals surface area contributed by atoms with Gasteiger partial charge in [-0.05, 0) is 24.5 Å². The summed E-state index contributed by atoms with van der Waals surface area (Å²) in [7, 11) is 0. The van der Waals surface area contributed by atoms with Crippen LogP contribution in [0.4, 0.5) is 0 Å². The van der Waals surface area contributed by atoms with E-state index in [0.29, 0.717) is 0 Å². The third-order valence-corrected chi connectivity index (χ3v) is 3.38. The molecule has 1 saturated carbocycles. The van der Waals surface area contributed by atoms with Crippen LogP contribution in [0.25, 0.3) is 0 Å². The molecule has 1 heterocycles. The average molecular weight is 204 g/mol. The summed E-state index contributed by atoms with van der Waals surface area (Å²) >= 11 is 0. The quantitative estimate of drug-likeness (QED) is 0.821. The molecular formula is C13H20N2. The first kappa shape index (κ1) is 10.6. The van der Waals surface area contributed by atoms with Gasteiger partial charge in [-0.25, -0.2) is 0 Å². The number of nitrogens with zero attached hydrogens (tertiary/aromatic N) is 1. The summed E-state index contributed by atoms with van der Waals surface area (Å²) in [6, 6.07) is 6.13. The molecule has 0 amide bonds. The predicted molar refractivity (Wildman–Crippen MR) is 62.4 cm³/mol. The minimum atomic E-state index is 0.134. The fraction of sp³-hybridized carbons (Fsp3) is 0.615. The Kier molecular flexibility index (Phi) is 3.73. The van der Waals surface area contributed by atoms with Crippen LogP contribution < -0.4 is 5.73 Å².